The van der Waals surface area contributed by atoms with Gasteiger partial charge in [-0.25, -0.2) is 4.57 Å². The van der Waals surface area contributed by atoms with Crippen LogP contribution in [0.15, 0.2) is 24.3 Å². The van der Waals surface area contributed by atoms with Crippen LogP contribution in [0, 0.1) is 11.3 Å². The SMILES string of the molecule is N#Cc1ccc(CO)cc1.O=P(O)(O)O. The second-order valence-corrected chi connectivity index (χ2v) is 3.51. The average molecular weight is 231 g/mol. The molecular formula is C8H10NO5P. The van der Waals surface area contributed by atoms with Crippen LogP contribution in [-0.4, -0.2) is 19.8 Å². The molecule has 0 bridgehead atoms. The number of nitrogens with zero attached hydrogens (tertiary/aromatic N) is 1. The molecule has 0 aliphatic rings. The molecule has 15 heavy (non-hydrogen) atoms. The van der Waals surface area contributed by atoms with Crippen LogP contribution in [0.25, 0.3) is 0 Å². The first kappa shape index (κ1) is 13.8. The molecule has 1 rings (SSSR count). The molecule has 0 aromatic heterocycles. The van der Waals surface area contributed by atoms with E-state index in [1.165, 1.54) is 0 Å². The molecule has 6 nitrogen and oxygen atoms in total. The van der Waals surface area contributed by atoms with Crippen molar-refractivity contribution in [1.29, 1.82) is 5.26 Å². The van der Waals surface area contributed by atoms with E-state index in [0.29, 0.717) is 5.56 Å². The van der Waals surface area contributed by atoms with E-state index in [9.17, 15) is 0 Å². The third-order valence-corrected chi connectivity index (χ3v) is 1.27. The molecule has 0 saturated carbocycles. The molecule has 1 aromatic rings. The Balaban J connectivity index is 0.000000336. The minimum absolute atomic E-state index is 0.0334. The molecule has 0 atom stereocenters. The van der Waals surface area contributed by atoms with Crippen LogP contribution in [0.1, 0.15) is 11.1 Å². The van der Waals surface area contributed by atoms with Crippen molar-refractivity contribution in [1.82, 2.24) is 0 Å². The molecule has 0 aliphatic carbocycles. The standard InChI is InChI=1S/C8H7NO.H3O4P/c9-5-7-1-3-8(6-10)4-2-7;1-5(2,3)4/h1-4,10H,6H2;(H3,1,2,3,4). The van der Waals surface area contributed by atoms with Crippen LogP contribution in [0.3, 0.4) is 0 Å². The molecule has 7 heteroatoms. The van der Waals surface area contributed by atoms with Gasteiger partial charge in [0.2, 0.25) is 0 Å². The number of phosphoric acid groups is 1. The first-order valence-corrected chi connectivity index (χ1v) is 5.31. The highest BCUT2D eigenvalue weighted by molar-refractivity contribution is 7.45. The lowest BCUT2D eigenvalue weighted by atomic mass is 10.2. The molecule has 0 unspecified atom stereocenters. The lowest BCUT2D eigenvalue weighted by Crippen LogP contribution is -1.81. The average Bonchev–Trinajstić information content (AvgIpc) is 2.15. The highest BCUT2D eigenvalue weighted by Crippen LogP contribution is 2.25. The Morgan fingerprint density at radius 2 is 1.60 bits per heavy atom. The zero-order valence-corrected chi connectivity index (χ0v) is 8.50. The van der Waals surface area contributed by atoms with Gasteiger partial charge in [-0.05, 0) is 17.7 Å². The lowest BCUT2D eigenvalue weighted by molar-refractivity contribution is 0.275. The highest BCUT2D eigenvalue weighted by atomic mass is 31.2. The summed E-state index contributed by atoms with van der Waals surface area (Å²) in [7, 11) is -4.64. The monoisotopic (exact) mass is 231 g/mol. The van der Waals surface area contributed by atoms with E-state index < -0.39 is 7.82 Å². The number of benzene rings is 1. The van der Waals surface area contributed by atoms with E-state index in [2.05, 4.69) is 0 Å². The van der Waals surface area contributed by atoms with Crippen molar-refractivity contribution < 1.29 is 24.4 Å². The van der Waals surface area contributed by atoms with Crippen LogP contribution >= 0.6 is 7.82 Å². The van der Waals surface area contributed by atoms with E-state index in [1.807, 2.05) is 6.07 Å². The first-order chi connectivity index (χ1) is 6.86. The van der Waals surface area contributed by atoms with Gasteiger partial charge in [-0.1, -0.05) is 12.1 Å². The number of aliphatic hydroxyl groups excluding tert-OH is 1. The Kier molecular flexibility index (Phi) is 5.79. The molecule has 0 spiro atoms. The normalized spacial score (nSPS) is 9.80. The predicted molar refractivity (Wildman–Crippen MR) is 51.3 cm³/mol. The van der Waals surface area contributed by atoms with Gasteiger partial charge in [-0.15, -0.1) is 0 Å². The Morgan fingerprint density at radius 1 is 1.20 bits per heavy atom. The number of rotatable bonds is 1. The third-order valence-electron chi connectivity index (χ3n) is 1.27. The van der Waals surface area contributed by atoms with Gasteiger partial charge in [0.05, 0.1) is 18.2 Å². The summed E-state index contributed by atoms with van der Waals surface area (Å²) in [5.41, 5.74) is 1.45. The maximum atomic E-state index is 8.88. The first-order valence-electron chi connectivity index (χ1n) is 3.75. The van der Waals surface area contributed by atoms with Crippen LogP contribution in [-0.2, 0) is 11.2 Å². The molecule has 4 N–H and O–H groups in total. The minimum atomic E-state index is -4.64. The van der Waals surface area contributed by atoms with E-state index >= 15 is 0 Å². The summed E-state index contributed by atoms with van der Waals surface area (Å²) >= 11 is 0. The van der Waals surface area contributed by atoms with Crippen molar-refractivity contribution in [3.05, 3.63) is 35.4 Å². The molecule has 0 radical (unpaired) electrons. The second kappa shape index (κ2) is 6.30. The predicted octanol–water partition coefficient (Wildman–Crippen LogP) is 0.122. The summed E-state index contributed by atoms with van der Waals surface area (Å²) in [6.07, 6.45) is 0. The molecule has 82 valence electrons. The van der Waals surface area contributed by atoms with E-state index in [4.69, 9.17) is 29.6 Å². The summed E-state index contributed by atoms with van der Waals surface area (Å²) in [5.74, 6) is 0. The lowest BCUT2D eigenvalue weighted by Gasteiger charge is -1.92. The van der Waals surface area contributed by atoms with Crippen molar-refractivity contribution in [2.24, 2.45) is 0 Å². The number of hydrogen-bond acceptors (Lipinski definition) is 3. The topological polar surface area (TPSA) is 122 Å². The van der Waals surface area contributed by atoms with Crippen molar-refractivity contribution >= 4 is 7.82 Å². The van der Waals surface area contributed by atoms with Crippen LogP contribution < -0.4 is 0 Å². The Labute approximate surface area is 86.3 Å². The van der Waals surface area contributed by atoms with Gasteiger partial charge in [0.25, 0.3) is 0 Å². The molecule has 0 heterocycles. The van der Waals surface area contributed by atoms with Crippen molar-refractivity contribution in [2.75, 3.05) is 0 Å². The Morgan fingerprint density at radius 3 is 1.87 bits per heavy atom. The quantitative estimate of drug-likeness (QED) is 0.509. The van der Waals surface area contributed by atoms with Gasteiger partial charge in [0, 0.05) is 0 Å². The number of aliphatic hydroxyl groups is 1. The molecule has 0 amide bonds. The van der Waals surface area contributed by atoms with Crippen molar-refractivity contribution in [2.45, 2.75) is 6.61 Å². The number of nitriles is 1. The Bertz CT molecular complexity index is 369. The zero-order valence-electron chi connectivity index (χ0n) is 7.61. The summed E-state index contributed by atoms with van der Waals surface area (Å²) in [6.45, 7) is 0.0334. The van der Waals surface area contributed by atoms with Gasteiger partial charge in [0.15, 0.2) is 0 Å². The molecule has 0 fully saturated rings. The second-order valence-electron chi connectivity index (χ2n) is 2.48. The van der Waals surface area contributed by atoms with Gasteiger partial charge < -0.3 is 19.8 Å². The van der Waals surface area contributed by atoms with Gasteiger partial charge in [-0.3, -0.25) is 0 Å². The maximum Gasteiger partial charge on any atom is 0.466 e. The summed E-state index contributed by atoms with van der Waals surface area (Å²) < 4.78 is 8.88. The van der Waals surface area contributed by atoms with E-state index in [0.717, 1.165) is 5.56 Å². The third kappa shape index (κ3) is 9.09. The van der Waals surface area contributed by atoms with Crippen LogP contribution in [0.2, 0.25) is 0 Å². The highest BCUT2D eigenvalue weighted by Gasteiger charge is 2.00. The maximum absolute atomic E-state index is 8.88. The fourth-order valence-corrected chi connectivity index (χ4v) is 0.685. The minimum Gasteiger partial charge on any atom is -0.392 e. The summed E-state index contributed by atoms with van der Waals surface area (Å²) in [5, 5.41) is 17.0. The van der Waals surface area contributed by atoms with Gasteiger partial charge in [0.1, 0.15) is 0 Å². The summed E-state index contributed by atoms with van der Waals surface area (Å²) in [4.78, 5) is 21.6. The van der Waals surface area contributed by atoms with E-state index in [-0.39, 0.29) is 6.61 Å². The van der Waals surface area contributed by atoms with Crippen LogP contribution in [0.5, 0.6) is 0 Å². The smallest absolute Gasteiger partial charge is 0.392 e. The largest absolute Gasteiger partial charge is 0.466 e. The van der Waals surface area contributed by atoms with E-state index in [1.54, 1.807) is 24.3 Å². The fraction of sp³-hybridized carbons (Fsp3) is 0.125. The zero-order chi connectivity index (χ0) is 11.9. The summed E-state index contributed by atoms with van der Waals surface area (Å²) in [6, 6.07) is 8.84. The van der Waals surface area contributed by atoms with Crippen LogP contribution in [0.4, 0.5) is 0 Å². The molecule has 0 saturated heterocycles. The molecule has 1 aromatic carbocycles. The Hall–Kier alpha value is -1.22. The van der Waals surface area contributed by atoms with Gasteiger partial charge in [-0.2, -0.15) is 5.26 Å². The molecular weight excluding hydrogens is 221 g/mol. The van der Waals surface area contributed by atoms with Crippen molar-refractivity contribution in [3.63, 3.8) is 0 Å². The molecule has 0 aliphatic heterocycles. The van der Waals surface area contributed by atoms with Crippen molar-refractivity contribution in [3.8, 4) is 6.07 Å². The number of hydrogen-bond donors (Lipinski definition) is 4. The fourth-order valence-electron chi connectivity index (χ4n) is 0.685. The van der Waals surface area contributed by atoms with Gasteiger partial charge >= 0.3 is 7.82 Å².